The van der Waals surface area contributed by atoms with Gasteiger partial charge in [-0.15, -0.1) is 11.3 Å². The zero-order valence-electron chi connectivity index (χ0n) is 14.3. The molecule has 1 fully saturated rings. The summed E-state index contributed by atoms with van der Waals surface area (Å²) in [6, 6.07) is 13.1. The number of hydrogen-bond acceptors (Lipinski definition) is 4. The first-order chi connectivity index (χ1) is 12.6. The Kier molecular flexibility index (Phi) is 4.30. The van der Waals surface area contributed by atoms with Gasteiger partial charge in [0, 0.05) is 29.2 Å². The molecule has 6 nitrogen and oxygen atoms in total. The summed E-state index contributed by atoms with van der Waals surface area (Å²) in [6.07, 6.45) is 1.49. The molecule has 1 aromatic carbocycles. The first kappa shape index (κ1) is 16.5. The van der Waals surface area contributed by atoms with Crippen molar-refractivity contribution in [2.24, 2.45) is 0 Å². The topological polar surface area (TPSA) is 78.1 Å². The van der Waals surface area contributed by atoms with E-state index in [-0.39, 0.29) is 11.8 Å². The third kappa shape index (κ3) is 3.25. The average molecular weight is 366 g/mol. The van der Waals surface area contributed by atoms with Crippen LogP contribution >= 0.6 is 11.3 Å². The number of aryl methyl sites for hydroxylation is 1. The number of aromatic nitrogens is 2. The smallest absolute Gasteiger partial charge is 0.276 e. The van der Waals surface area contributed by atoms with Crippen molar-refractivity contribution in [3.8, 4) is 10.6 Å². The molecule has 2 aromatic heterocycles. The number of anilines is 2. The summed E-state index contributed by atoms with van der Waals surface area (Å²) in [7, 11) is 0. The second-order valence-electron chi connectivity index (χ2n) is 6.23. The normalized spacial score (nSPS) is 14.0. The van der Waals surface area contributed by atoms with Crippen LogP contribution in [0, 0.1) is 6.92 Å². The van der Waals surface area contributed by atoms with Crippen LogP contribution in [0.5, 0.6) is 0 Å². The van der Waals surface area contributed by atoms with Gasteiger partial charge in [-0.3, -0.25) is 14.7 Å². The van der Waals surface area contributed by atoms with Gasteiger partial charge in [-0.25, -0.2) is 0 Å². The van der Waals surface area contributed by atoms with E-state index in [0.29, 0.717) is 17.8 Å². The molecule has 1 aliphatic heterocycles. The van der Waals surface area contributed by atoms with Gasteiger partial charge in [0.25, 0.3) is 5.91 Å². The van der Waals surface area contributed by atoms with Gasteiger partial charge in [0.2, 0.25) is 5.91 Å². The second-order valence-corrected chi connectivity index (χ2v) is 7.51. The molecule has 0 saturated carbocycles. The van der Waals surface area contributed by atoms with Gasteiger partial charge < -0.3 is 10.2 Å². The van der Waals surface area contributed by atoms with Crippen molar-refractivity contribution < 1.29 is 9.59 Å². The van der Waals surface area contributed by atoms with E-state index >= 15 is 0 Å². The number of thiophene rings is 1. The van der Waals surface area contributed by atoms with Gasteiger partial charge in [-0.1, -0.05) is 0 Å². The first-order valence-electron chi connectivity index (χ1n) is 8.44. The van der Waals surface area contributed by atoms with Crippen LogP contribution in [0.2, 0.25) is 0 Å². The minimum atomic E-state index is -0.272. The Hall–Kier alpha value is -2.93. The molecule has 1 aliphatic rings. The Morgan fingerprint density at radius 1 is 1.23 bits per heavy atom. The van der Waals surface area contributed by atoms with E-state index in [2.05, 4.69) is 15.5 Å². The van der Waals surface area contributed by atoms with Gasteiger partial charge in [-0.05, 0) is 55.8 Å². The maximum atomic E-state index is 12.4. The Labute approximate surface area is 154 Å². The van der Waals surface area contributed by atoms with Crippen LogP contribution in [0.15, 0.2) is 42.5 Å². The van der Waals surface area contributed by atoms with Gasteiger partial charge >= 0.3 is 0 Å². The number of aromatic amines is 1. The summed E-state index contributed by atoms with van der Waals surface area (Å²) in [4.78, 5) is 28.2. The van der Waals surface area contributed by atoms with Crippen LogP contribution in [-0.4, -0.2) is 28.6 Å². The molecule has 0 unspecified atom stereocenters. The molecular weight excluding hydrogens is 348 g/mol. The summed E-state index contributed by atoms with van der Waals surface area (Å²) >= 11 is 1.65. The lowest BCUT2D eigenvalue weighted by atomic mass is 10.2. The molecule has 0 spiro atoms. The molecule has 3 heterocycles. The lowest BCUT2D eigenvalue weighted by Gasteiger charge is -2.15. The van der Waals surface area contributed by atoms with E-state index in [1.807, 2.05) is 31.2 Å². The minimum Gasteiger partial charge on any atom is -0.321 e. The van der Waals surface area contributed by atoms with Crippen LogP contribution in [0.3, 0.4) is 0 Å². The van der Waals surface area contributed by atoms with E-state index in [9.17, 15) is 9.59 Å². The molecule has 26 heavy (non-hydrogen) atoms. The third-order valence-corrected chi connectivity index (χ3v) is 5.36. The highest BCUT2D eigenvalue weighted by molar-refractivity contribution is 7.15. The molecule has 0 bridgehead atoms. The lowest BCUT2D eigenvalue weighted by Crippen LogP contribution is -2.23. The number of carbonyl (C=O) groups excluding carboxylic acids is 2. The molecule has 132 valence electrons. The number of amides is 2. The monoisotopic (exact) mass is 366 g/mol. The number of rotatable bonds is 4. The fourth-order valence-corrected chi connectivity index (χ4v) is 3.82. The Morgan fingerprint density at radius 2 is 2.04 bits per heavy atom. The molecule has 2 amide bonds. The summed E-state index contributed by atoms with van der Waals surface area (Å²) in [6.45, 7) is 2.79. The van der Waals surface area contributed by atoms with E-state index in [1.54, 1.807) is 34.4 Å². The number of nitrogens with zero attached hydrogens (tertiary/aromatic N) is 2. The number of benzene rings is 1. The van der Waals surface area contributed by atoms with E-state index < -0.39 is 0 Å². The SMILES string of the molecule is Cc1ccc(-c2cc(C(=O)Nc3ccc(N4CCCC4=O)cc3)n[nH]2)s1. The third-order valence-electron chi connectivity index (χ3n) is 4.33. The number of H-pyrrole nitrogens is 1. The van der Waals surface area contributed by atoms with E-state index in [4.69, 9.17) is 0 Å². The molecule has 4 rings (SSSR count). The van der Waals surface area contributed by atoms with Gasteiger partial charge in [0.05, 0.1) is 10.6 Å². The minimum absolute atomic E-state index is 0.148. The Morgan fingerprint density at radius 3 is 2.69 bits per heavy atom. The standard InChI is InChI=1S/C19H18N4O2S/c1-12-4-9-17(26-12)15-11-16(22-21-15)19(25)20-13-5-7-14(8-6-13)23-10-2-3-18(23)24/h4-9,11H,2-3,10H2,1H3,(H,20,25)(H,21,22). The average Bonchev–Trinajstić information content (AvgIpc) is 3.36. The van der Waals surface area contributed by atoms with Crippen molar-refractivity contribution in [1.29, 1.82) is 0 Å². The fraction of sp³-hybridized carbons (Fsp3) is 0.211. The van der Waals surface area contributed by atoms with Gasteiger partial charge in [0.1, 0.15) is 0 Å². The van der Waals surface area contributed by atoms with Crippen molar-refractivity contribution in [2.75, 3.05) is 16.8 Å². The van der Waals surface area contributed by atoms with Crippen LogP contribution in [0.4, 0.5) is 11.4 Å². The van der Waals surface area contributed by atoms with Crippen LogP contribution < -0.4 is 10.2 Å². The molecule has 1 saturated heterocycles. The summed E-state index contributed by atoms with van der Waals surface area (Å²) in [5.41, 5.74) is 2.70. The molecule has 0 atom stereocenters. The highest BCUT2D eigenvalue weighted by Crippen LogP contribution is 2.27. The fourth-order valence-electron chi connectivity index (χ4n) is 2.98. The molecule has 3 aromatic rings. The van der Waals surface area contributed by atoms with Crippen LogP contribution in [0.25, 0.3) is 10.6 Å². The molecular formula is C19H18N4O2S. The van der Waals surface area contributed by atoms with Gasteiger partial charge in [0.15, 0.2) is 5.69 Å². The predicted octanol–water partition coefficient (Wildman–Crippen LogP) is 3.83. The number of nitrogens with one attached hydrogen (secondary N) is 2. The second kappa shape index (κ2) is 6.76. The largest absolute Gasteiger partial charge is 0.321 e. The quantitative estimate of drug-likeness (QED) is 0.737. The molecule has 0 radical (unpaired) electrons. The number of hydrogen-bond donors (Lipinski definition) is 2. The van der Waals surface area contributed by atoms with Crippen LogP contribution in [0.1, 0.15) is 28.2 Å². The van der Waals surface area contributed by atoms with Crippen LogP contribution in [-0.2, 0) is 4.79 Å². The molecule has 0 aliphatic carbocycles. The zero-order valence-corrected chi connectivity index (χ0v) is 15.1. The first-order valence-corrected chi connectivity index (χ1v) is 9.26. The zero-order chi connectivity index (χ0) is 18.1. The molecule has 7 heteroatoms. The Balaban J connectivity index is 1.45. The summed E-state index contributed by atoms with van der Waals surface area (Å²) < 4.78 is 0. The predicted molar refractivity (Wildman–Crippen MR) is 103 cm³/mol. The maximum absolute atomic E-state index is 12.4. The van der Waals surface area contributed by atoms with E-state index in [1.165, 1.54) is 4.88 Å². The molecule has 2 N–H and O–H groups in total. The Bertz CT molecular complexity index is 958. The summed E-state index contributed by atoms with van der Waals surface area (Å²) in [5.74, 6) is -0.125. The summed E-state index contributed by atoms with van der Waals surface area (Å²) in [5, 5.41) is 9.85. The maximum Gasteiger partial charge on any atom is 0.276 e. The van der Waals surface area contributed by atoms with Gasteiger partial charge in [-0.2, -0.15) is 5.10 Å². The van der Waals surface area contributed by atoms with E-state index in [0.717, 1.165) is 29.2 Å². The van der Waals surface area contributed by atoms with Crippen molar-refractivity contribution in [2.45, 2.75) is 19.8 Å². The lowest BCUT2D eigenvalue weighted by molar-refractivity contribution is -0.117. The van der Waals surface area contributed by atoms with Crippen molar-refractivity contribution in [1.82, 2.24) is 10.2 Å². The highest BCUT2D eigenvalue weighted by Gasteiger charge is 2.21. The van der Waals surface area contributed by atoms with Crippen molar-refractivity contribution in [3.63, 3.8) is 0 Å². The number of carbonyl (C=O) groups is 2. The van der Waals surface area contributed by atoms with Crippen molar-refractivity contribution >= 4 is 34.5 Å². The highest BCUT2D eigenvalue weighted by atomic mass is 32.1. The van der Waals surface area contributed by atoms with Crippen molar-refractivity contribution in [3.05, 3.63) is 53.0 Å².